The third-order valence-corrected chi connectivity index (χ3v) is 3.29. The SMILES string of the molecule is Cc1cc2c(NC(CCO)C(C)(C)C)nccn2n1. The van der Waals surface area contributed by atoms with Gasteiger partial charge in [0.05, 0.1) is 5.69 Å². The molecule has 0 bridgehead atoms. The highest BCUT2D eigenvalue weighted by Gasteiger charge is 2.25. The van der Waals surface area contributed by atoms with E-state index in [-0.39, 0.29) is 18.1 Å². The average molecular weight is 262 g/mol. The predicted octanol–water partition coefficient (Wildman–Crippen LogP) is 2.25. The zero-order chi connectivity index (χ0) is 14.0. The molecule has 2 N–H and O–H groups in total. The average Bonchev–Trinajstić information content (AvgIpc) is 2.68. The van der Waals surface area contributed by atoms with E-state index in [4.69, 9.17) is 0 Å². The molecule has 0 aromatic carbocycles. The van der Waals surface area contributed by atoms with E-state index in [0.29, 0.717) is 6.42 Å². The van der Waals surface area contributed by atoms with Crippen LogP contribution in [0.2, 0.25) is 0 Å². The van der Waals surface area contributed by atoms with E-state index >= 15 is 0 Å². The third kappa shape index (κ3) is 3.04. The molecule has 5 nitrogen and oxygen atoms in total. The molecular formula is C14H22N4O. The number of aliphatic hydroxyl groups is 1. The molecule has 0 amide bonds. The van der Waals surface area contributed by atoms with Gasteiger partial charge < -0.3 is 10.4 Å². The monoisotopic (exact) mass is 262 g/mol. The number of hydrogen-bond acceptors (Lipinski definition) is 4. The van der Waals surface area contributed by atoms with E-state index in [9.17, 15) is 5.11 Å². The third-order valence-electron chi connectivity index (χ3n) is 3.29. The number of nitrogens with one attached hydrogen (secondary N) is 1. The Hall–Kier alpha value is -1.62. The minimum absolute atomic E-state index is 0.0479. The van der Waals surface area contributed by atoms with E-state index in [1.165, 1.54) is 0 Å². The zero-order valence-electron chi connectivity index (χ0n) is 12.0. The van der Waals surface area contributed by atoms with Crippen LogP contribution < -0.4 is 5.32 Å². The van der Waals surface area contributed by atoms with Gasteiger partial charge >= 0.3 is 0 Å². The predicted molar refractivity (Wildman–Crippen MR) is 76.3 cm³/mol. The zero-order valence-corrected chi connectivity index (χ0v) is 12.0. The first-order valence-electron chi connectivity index (χ1n) is 6.60. The Morgan fingerprint density at radius 3 is 2.79 bits per heavy atom. The second-order valence-corrected chi connectivity index (χ2v) is 5.97. The van der Waals surface area contributed by atoms with Gasteiger partial charge in [-0.3, -0.25) is 0 Å². The van der Waals surface area contributed by atoms with Gasteiger partial charge in [0.2, 0.25) is 0 Å². The lowest BCUT2D eigenvalue weighted by atomic mass is 9.85. The van der Waals surface area contributed by atoms with Crippen molar-refractivity contribution >= 4 is 11.3 Å². The van der Waals surface area contributed by atoms with Gasteiger partial charge in [0, 0.05) is 25.0 Å². The van der Waals surface area contributed by atoms with Crippen LogP contribution in [0.25, 0.3) is 5.52 Å². The minimum Gasteiger partial charge on any atom is -0.396 e. The van der Waals surface area contributed by atoms with Crippen LogP contribution in [0.1, 0.15) is 32.9 Å². The molecule has 2 heterocycles. The molecular weight excluding hydrogens is 240 g/mol. The van der Waals surface area contributed by atoms with Crippen molar-refractivity contribution in [2.24, 2.45) is 5.41 Å². The summed E-state index contributed by atoms with van der Waals surface area (Å²) in [6.45, 7) is 8.59. The number of rotatable bonds is 4. The maximum atomic E-state index is 9.22. The summed E-state index contributed by atoms with van der Waals surface area (Å²) in [5, 5.41) is 17.0. The van der Waals surface area contributed by atoms with Crippen LogP contribution in [0.5, 0.6) is 0 Å². The van der Waals surface area contributed by atoms with E-state index in [1.54, 1.807) is 6.20 Å². The van der Waals surface area contributed by atoms with Crippen LogP contribution >= 0.6 is 0 Å². The molecule has 5 heteroatoms. The molecule has 19 heavy (non-hydrogen) atoms. The fourth-order valence-electron chi connectivity index (χ4n) is 2.17. The van der Waals surface area contributed by atoms with E-state index in [2.05, 4.69) is 36.2 Å². The van der Waals surface area contributed by atoms with Gasteiger partial charge in [-0.2, -0.15) is 5.10 Å². The molecule has 2 rings (SSSR count). The Labute approximate surface area is 113 Å². The molecule has 104 valence electrons. The van der Waals surface area contributed by atoms with Gasteiger partial charge in [-0.15, -0.1) is 0 Å². The number of aromatic nitrogens is 3. The Balaban J connectivity index is 2.33. The van der Waals surface area contributed by atoms with Crippen LogP contribution in [-0.4, -0.2) is 32.4 Å². The molecule has 2 aromatic rings. The smallest absolute Gasteiger partial charge is 0.152 e. The number of aryl methyl sites for hydroxylation is 1. The minimum atomic E-state index is 0.0479. The van der Waals surface area contributed by atoms with Gasteiger partial charge in [-0.05, 0) is 24.8 Å². The fraction of sp³-hybridized carbons (Fsp3) is 0.571. The van der Waals surface area contributed by atoms with E-state index in [1.807, 2.05) is 23.7 Å². The molecule has 0 saturated carbocycles. The van der Waals surface area contributed by atoms with Crippen molar-refractivity contribution in [1.29, 1.82) is 0 Å². The molecule has 1 unspecified atom stereocenters. The largest absolute Gasteiger partial charge is 0.396 e. The molecule has 0 saturated heterocycles. The standard InChI is InChI=1S/C14H22N4O/c1-10-9-11-13(15-6-7-18(11)17-10)16-12(5-8-19)14(2,3)4/h6-7,9,12,19H,5,8H2,1-4H3,(H,15,16). The highest BCUT2D eigenvalue weighted by atomic mass is 16.3. The second kappa shape index (κ2) is 5.17. The van der Waals surface area contributed by atoms with Crippen molar-refractivity contribution in [1.82, 2.24) is 14.6 Å². The topological polar surface area (TPSA) is 62.5 Å². The number of anilines is 1. The maximum absolute atomic E-state index is 9.22. The number of hydrogen-bond donors (Lipinski definition) is 2. The van der Waals surface area contributed by atoms with Crippen molar-refractivity contribution in [2.75, 3.05) is 11.9 Å². The molecule has 0 aliphatic rings. The lowest BCUT2D eigenvalue weighted by Gasteiger charge is -2.31. The number of nitrogens with zero attached hydrogens (tertiary/aromatic N) is 3. The molecule has 0 fully saturated rings. The first kappa shape index (κ1) is 13.8. The highest BCUT2D eigenvalue weighted by molar-refractivity contribution is 5.68. The van der Waals surface area contributed by atoms with Crippen molar-refractivity contribution in [3.8, 4) is 0 Å². The first-order valence-corrected chi connectivity index (χ1v) is 6.60. The molecule has 0 aliphatic carbocycles. The van der Waals surface area contributed by atoms with Crippen molar-refractivity contribution in [2.45, 2.75) is 40.2 Å². The van der Waals surface area contributed by atoms with Crippen LogP contribution in [0.15, 0.2) is 18.5 Å². The van der Waals surface area contributed by atoms with Crippen LogP contribution in [0.4, 0.5) is 5.82 Å². The van der Waals surface area contributed by atoms with Gasteiger partial charge in [-0.25, -0.2) is 9.50 Å². The Morgan fingerprint density at radius 2 is 2.16 bits per heavy atom. The summed E-state index contributed by atoms with van der Waals surface area (Å²) in [6.07, 6.45) is 4.27. The first-order chi connectivity index (χ1) is 8.91. The van der Waals surface area contributed by atoms with E-state index in [0.717, 1.165) is 17.0 Å². The van der Waals surface area contributed by atoms with E-state index < -0.39 is 0 Å². The normalized spacial score (nSPS) is 13.7. The van der Waals surface area contributed by atoms with Crippen molar-refractivity contribution < 1.29 is 5.11 Å². The summed E-state index contributed by atoms with van der Waals surface area (Å²) in [7, 11) is 0. The van der Waals surface area contributed by atoms with Crippen LogP contribution in [0.3, 0.4) is 0 Å². The second-order valence-electron chi connectivity index (χ2n) is 5.97. The molecule has 0 spiro atoms. The molecule has 0 aliphatic heterocycles. The van der Waals surface area contributed by atoms with Gasteiger partial charge in [0.25, 0.3) is 0 Å². The van der Waals surface area contributed by atoms with Crippen molar-refractivity contribution in [3.63, 3.8) is 0 Å². The van der Waals surface area contributed by atoms with Crippen LogP contribution in [-0.2, 0) is 0 Å². The number of aliphatic hydroxyl groups excluding tert-OH is 1. The van der Waals surface area contributed by atoms with Gasteiger partial charge in [0.1, 0.15) is 5.52 Å². The van der Waals surface area contributed by atoms with Crippen molar-refractivity contribution in [3.05, 3.63) is 24.2 Å². The molecule has 1 atom stereocenters. The quantitative estimate of drug-likeness (QED) is 0.887. The maximum Gasteiger partial charge on any atom is 0.152 e. The Kier molecular flexibility index (Phi) is 3.75. The molecule has 2 aromatic heterocycles. The lowest BCUT2D eigenvalue weighted by molar-refractivity contribution is 0.235. The van der Waals surface area contributed by atoms with Gasteiger partial charge in [0.15, 0.2) is 5.82 Å². The summed E-state index contributed by atoms with van der Waals surface area (Å²) >= 11 is 0. The highest BCUT2D eigenvalue weighted by Crippen LogP contribution is 2.26. The Morgan fingerprint density at radius 1 is 1.42 bits per heavy atom. The van der Waals surface area contributed by atoms with Crippen LogP contribution in [0, 0.1) is 12.3 Å². The summed E-state index contributed by atoms with van der Waals surface area (Å²) in [4.78, 5) is 4.40. The summed E-state index contributed by atoms with van der Waals surface area (Å²) < 4.78 is 1.82. The Bertz CT molecular complexity index is 556. The fourth-order valence-corrected chi connectivity index (χ4v) is 2.17. The molecule has 0 radical (unpaired) electrons. The number of fused-ring (bicyclic) bond motifs is 1. The lowest BCUT2D eigenvalue weighted by Crippen LogP contribution is -2.35. The summed E-state index contributed by atoms with van der Waals surface area (Å²) in [5.41, 5.74) is 1.98. The summed E-state index contributed by atoms with van der Waals surface area (Å²) in [6, 6.07) is 2.17. The van der Waals surface area contributed by atoms with Gasteiger partial charge in [-0.1, -0.05) is 20.8 Å². The summed E-state index contributed by atoms with van der Waals surface area (Å²) in [5.74, 6) is 0.816.